The number of nitrogens with one attached hydrogen (secondary N) is 1. The molecule has 0 saturated carbocycles. The number of rotatable bonds is 5. The van der Waals surface area contributed by atoms with Gasteiger partial charge >= 0.3 is 0 Å². The van der Waals surface area contributed by atoms with E-state index in [4.69, 9.17) is 0 Å². The van der Waals surface area contributed by atoms with Crippen molar-refractivity contribution in [3.8, 4) is 0 Å². The third-order valence-corrected chi connectivity index (χ3v) is 4.76. The van der Waals surface area contributed by atoms with Crippen LogP contribution in [0.3, 0.4) is 0 Å². The number of likely N-dealkylation sites (tertiary alicyclic amines) is 2. The SMILES string of the molecule is CC.CC(C)CNC1CCN(CC2CCN(C)CC2)CC1. The Bertz CT molecular complexity index is 239. The lowest BCUT2D eigenvalue weighted by atomic mass is 9.95. The van der Waals surface area contributed by atoms with E-state index in [2.05, 4.69) is 36.0 Å². The summed E-state index contributed by atoms with van der Waals surface area (Å²) in [5.74, 6) is 1.73. The fourth-order valence-corrected chi connectivity index (χ4v) is 3.33. The Balaban J connectivity index is 0.00000106. The summed E-state index contributed by atoms with van der Waals surface area (Å²) < 4.78 is 0. The fourth-order valence-electron chi connectivity index (χ4n) is 3.33. The van der Waals surface area contributed by atoms with Gasteiger partial charge in [-0.15, -0.1) is 0 Å². The summed E-state index contributed by atoms with van der Waals surface area (Å²) in [6, 6.07) is 0.774. The van der Waals surface area contributed by atoms with Gasteiger partial charge in [-0.3, -0.25) is 0 Å². The van der Waals surface area contributed by atoms with Crippen molar-refractivity contribution in [1.82, 2.24) is 15.1 Å². The highest BCUT2D eigenvalue weighted by molar-refractivity contribution is 4.80. The first-order valence-electron chi connectivity index (χ1n) is 9.27. The minimum absolute atomic E-state index is 0.774. The summed E-state index contributed by atoms with van der Waals surface area (Å²) in [4.78, 5) is 5.18. The van der Waals surface area contributed by atoms with Crippen LogP contribution in [0.5, 0.6) is 0 Å². The maximum absolute atomic E-state index is 3.72. The van der Waals surface area contributed by atoms with Gasteiger partial charge in [0, 0.05) is 12.6 Å². The first-order valence-corrected chi connectivity index (χ1v) is 9.27. The molecule has 2 aliphatic rings. The molecule has 0 atom stereocenters. The molecule has 0 aliphatic carbocycles. The van der Waals surface area contributed by atoms with Gasteiger partial charge in [0.25, 0.3) is 0 Å². The van der Waals surface area contributed by atoms with Crippen molar-refractivity contribution in [3.63, 3.8) is 0 Å². The van der Waals surface area contributed by atoms with Crippen molar-refractivity contribution in [1.29, 1.82) is 0 Å². The fraction of sp³-hybridized carbons (Fsp3) is 1.00. The molecule has 3 heteroatoms. The summed E-state index contributed by atoms with van der Waals surface area (Å²) >= 11 is 0. The summed E-state index contributed by atoms with van der Waals surface area (Å²) in [7, 11) is 2.25. The monoisotopic (exact) mass is 297 g/mol. The van der Waals surface area contributed by atoms with E-state index in [1.165, 1.54) is 65.0 Å². The molecule has 0 aromatic heterocycles. The minimum Gasteiger partial charge on any atom is -0.314 e. The molecule has 2 heterocycles. The highest BCUT2D eigenvalue weighted by Crippen LogP contribution is 2.19. The van der Waals surface area contributed by atoms with Gasteiger partial charge in [-0.25, -0.2) is 0 Å². The Kier molecular flexibility index (Phi) is 9.54. The summed E-state index contributed by atoms with van der Waals surface area (Å²) in [5, 5.41) is 3.72. The van der Waals surface area contributed by atoms with Crippen LogP contribution in [-0.2, 0) is 0 Å². The maximum Gasteiger partial charge on any atom is 0.00915 e. The molecule has 0 aromatic carbocycles. The van der Waals surface area contributed by atoms with Crippen molar-refractivity contribution in [3.05, 3.63) is 0 Å². The number of piperidine rings is 2. The van der Waals surface area contributed by atoms with Crippen LogP contribution in [0.2, 0.25) is 0 Å². The van der Waals surface area contributed by atoms with E-state index in [9.17, 15) is 0 Å². The summed E-state index contributed by atoms with van der Waals surface area (Å²) in [5.41, 5.74) is 0. The molecular weight excluding hydrogens is 258 g/mol. The zero-order chi connectivity index (χ0) is 15.7. The Morgan fingerprint density at radius 2 is 1.52 bits per heavy atom. The van der Waals surface area contributed by atoms with Crippen LogP contribution >= 0.6 is 0 Å². The molecule has 0 aromatic rings. The lowest BCUT2D eigenvalue weighted by Gasteiger charge is -2.37. The highest BCUT2D eigenvalue weighted by Gasteiger charge is 2.23. The van der Waals surface area contributed by atoms with E-state index >= 15 is 0 Å². The van der Waals surface area contributed by atoms with Gasteiger partial charge < -0.3 is 15.1 Å². The van der Waals surface area contributed by atoms with Crippen molar-refractivity contribution in [2.45, 2.75) is 59.4 Å². The topological polar surface area (TPSA) is 18.5 Å². The van der Waals surface area contributed by atoms with Gasteiger partial charge in [0.1, 0.15) is 0 Å². The third-order valence-electron chi connectivity index (χ3n) is 4.76. The van der Waals surface area contributed by atoms with Crippen molar-refractivity contribution in [2.75, 3.05) is 46.3 Å². The smallest absolute Gasteiger partial charge is 0.00915 e. The predicted molar refractivity (Wildman–Crippen MR) is 93.9 cm³/mol. The van der Waals surface area contributed by atoms with Gasteiger partial charge in [-0.1, -0.05) is 27.7 Å². The molecule has 0 radical (unpaired) electrons. The molecule has 0 spiro atoms. The van der Waals surface area contributed by atoms with Crippen LogP contribution in [0.1, 0.15) is 53.4 Å². The molecule has 0 bridgehead atoms. The Morgan fingerprint density at radius 1 is 0.952 bits per heavy atom. The van der Waals surface area contributed by atoms with Crippen molar-refractivity contribution >= 4 is 0 Å². The van der Waals surface area contributed by atoms with Crippen molar-refractivity contribution < 1.29 is 0 Å². The molecule has 126 valence electrons. The second kappa shape index (κ2) is 10.6. The zero-order valence-corrected chi connectivity index (χ0v) is 15.2. The van der Waals surface area contributed by atoms with E-state index in [1.807, 2.05) is 13.8 Å². The lowest BCUT2D eigenvalue weighted by molar-refractivity contribution is 0.133. The predicted octanol–water partition coefficient (Wildman–Crippen LogP) is 3.06. The van der Waals surface area contributed by atoms with Crippen LogP contribution in [0.4, 0.5) is 0 Å². The van der Waals surface area contributed by atoms with Gasteiger partial charge in [-0.2, -0.15) is 0 Å². The van der Waals surface area contributed by atoms with Gasteiger partial charge in [0.2, 0.25) is 0 Å². The Morgan fingerprint density at radius 3 is 2.05 bits per heavy atom. The first-order chi connectivity index (χ1) is 10.1. The second-order valence-corrected chi connectivity index (χ2v) is 7.12. The van der Waals surface area contributed by atoms with Crippen LogP contribution in [0, 0.1) is 11.8 Å². The van der Waals surface area contributed by atoms with E-state index < -0.39 is 0 Å². The number of nitrogens with zero attached hydrogens (tertiary/aromatic N) is 2. The summed E-state index contributed by atoms with van der Waals surface area (Å²) in [6.45, 7) is 16.3. The largest absolute Gasteiger partial charge is 0.314 e. The zero-order valence-electron chi connectivity index (χ0n) is 15.2. The van der Waals surface area contributed by atoms with Crippen molar-refractivity contribution in [2.24, 2.45) is 11.8 Å². The number of hydrogen-bond acceptors (Lipinski definition) is 3. The van der Waals surface area contributed by atoms with Crippen LogP contribution in [0.15, 0.2) is 0 Å². The Hall–Kier alpha value is -0.120. The van der Waals surface area contributed by atoms with Crippen LogP contribution in [-0.4, -0.2) is 62.2 Å². The molecule has 3 nitrogen and oxygen atoms in total. The highest BCUT2D eigenvalue weighted by atomic mass is 15.2. The average molecular weight is 298 g/mol. The number of hydrogen-bond donors (Lipinski definition) is 1. The standard InChI is InChI=1S/C16H33N3.C2H6/c1-14(2)12-17-16-6-10-19(11-7-16)13-15-4-8-18(3)9-5-15;1-2/h14-17H,4-13H2,1-3H3;1-2H3. The van der Waals surface area contributed by atoms with Crippen LogP contribution in [0.25, 0.3) is 0 Å². The normalized spacial score (nSPS) is 23.1. The van der Waals surface area contributed by atoms with Gasteiger partial charge in [0.15, 0.2) is 0 Å². The summed E-state index contributed by atoms with van der Waals surface area (Å²) in [6.07, 6.45) is 5.50. The minimum atomic E-state index is 0.774. The third kappa shape index (κ3) is 7.62. The first kappa shape index (κ1) is 18.9. The van der Waals surface area contributed by atoms with E-state index in [0.717, 1.165) is 17.9 Å². The quantitative estimate of drug-likeness (QED) is 0.841. The molecular formula is C18H39N3. The second-order valence-electron chi connectivity index (χ2n) is 7.12. The lowest BCUT2D eigenvalue weighted by Crippen LogP contribution is -2.45. The van der Waals surface area contributed by atoms with Crippen LogP contribution < -0.4 is 5.32 Å². The molecule has 2 aliphatic heterocycles. The molecule has 0 unspecified atom stereocenters. The van der Waals surface area contributed by atoms with Gasteiger partial charge in [-0.05, 0) is 77.3 Å². The van der Waals surface area contributed by atoms with Gasteiger partial charge in [0.05, 0.1) is 0 Å². The molecule has 0 amide bonds. The van der Waals surface area contributed by atoms with E-state index in [0.29, 0.717) is 0 Å². The molecule has 1 N–H and O–H groups in total. The molecule has 21 heavy (non-hydrogen) atoms. The maximum atomic E-state index is 3.72. The van der Waals surface area contributed by atoms with E-state index in [-0.39, 0.29) is 0 Å². The molecule has 2 fully saturated rings. The van der Waals surface area contributed by atoms with E-state index in [1.54, 1.807) is 0 Å². The molecule has 2 rings (SSSR count). The molecule has 2 saturated heterocycles. The Labute approximate surface area is 133 Å². The average Bonchev–Trinajstić information content (AvgIpc) is 2.51.